The third-order valence-corrected chi connectivity index (χ3v) is 13.0. The van der Waals surface area contributed by atoms with E-state index in [1.54, 1.807) is 0 Å². The van der Waals surface area contributed by atoms with Crippen molar-refractivity contribution in [1.82, 2.24) is 10.0 Å². The Bertz CT molecular complexity index is 2080. The molecule has 0 aromatic heterocycles. The van der Waals surface area contributed by atoms with Crippen LogP contribution in [-0.4, -0.2) is 59.9 Å². The standard InChI is InChI=1S/C38H30N2O10S4/c1-19(2)33(43)49-25-27-28(26(50-34(44)20(3)4)30-29(25)53-38(54-30)24(35(45)47-5)36(46)48-6)52-37(51-27)23-31(41)39(17-21-13-9-7-10-14-21)40(32(23)42)18-22-15-11-8-12-16-22/h7-16H,1,3,17-18H2,2,4-6H3. The zero-order chi connectivity index (χ0) is 38.8. The summed E-state index contributed by atoms with van der Waals surface area (Å²) in [5, 5.41) is 2.79. The molecule has 0 saturated carbocycles. The van der Waals surface area contributed by atoms with Crippen LogP contribution < -0.4 is 9.47 Å². The summed E-state index contributed by atoms with van der Waals surface area (Å²) in [6.45, 7) is 10.5. The maximum Gasteiger partial charge on any atom is 0.347 e. The van der Waals surface area contributed by atoms with E-state index in [0.717, 1.165) is 72.4 Å². The molecule has 3 aromatic rings. The Morgan fingerprint density at radius 3 is 1.31 bits per heavy atom. The molecule has 2 amide bonds. The van der Waals surface area contributed by atoms with Crippen molar-refractivity contribution in [1.29, 1.82) is 0 Å². The van der Waals surface area contributed by atoms with Gasteiger partial charge >= 0.3 is 23.9 Å². The molecule has 1 saturated heterocycles. The first kappa shape index (κ1) is 38.6. The van der Waals surface area contributed by atoms with Gasteiger partial charge in [0, 0.05) is 11.1 Å². The van der Waals surface area contributed by atoms with Gasteiger partial charge in [-0.3, -0.25) is 9.59 Å². The summed E-state index contributed by atoms with van der Waals surface area (Å²) in [6.07, 6.45) is 0. The second-order valence-corrected chi connectivity index (χ2v) is 16.3. The first-order valence-electron chi connectivity index (χ1n) is 15.9. The van der Waals surface area contributed by atoms with Gasteiger partial charge in [-0.25, -0.2) is 29.2 Å². The highest BCUT2D eigenvalue weighted by Crippen LogP contribution is 2.69. The summed E-state index contributed by atoms with van der Waals surface area (Å²) in [5.41, 5.74) is 1.18. The number of hydrazine groups is 1. The first-order chi connectivity index (χ1) is 25.8. The fourth-order valence-electron chi connectivity index (χ4n) is 5.18. The number of hydrogen-bond acceptors (Lipinski definition) is 14. The Labute approximate surface area is 326 Å². The van der Waals surface area contributed by atoms with Gasteiger partial charge in [0.05, 0.1) is 55.4 Å². The molecule has 3 aliphatic rings. The van der Waals surface area contributed by atoms with E-state index < -0.39 is 41.3 Å². The Kier molecular flexibility index (Phi) is 11.5. The maximum absolute atomic E-state index is 14.3. The average Bonchev–Trinajstić information content (AvgIpc) is 3.85. The zero-order valence-electron chi connectivity index (χ0n) is 29.2. The van der Waals surface area contributed by atoms with Gasteiger partial charge in [0.1, 0.15) is 5.57 Å². The van der Waals surface area contributed by atoms with E-state index in [1.807, 2.05) is 60.7 Å². The van der Waals surface area contributed by atoms with Crippen molar-refractivity contribution < 1.29 is 47.7 Å². The van der Waals surface area contributed by atoms with Crippen molar-refractivity contribution in [3.8, 4) is 11.5 Å². The summed E-state index contributed by atoms with van der Waals surface area (Å²) in [4.78, 5) is 81.5. The van der Waals surface area contributed by atoms with E-state index in [0.29, 0.717) is 0 Å². The highest BCUT2D eigenvalue weighted by atomic mass is 32.2. The molecule has 0 aliphatic carbocycles. The third-order valence-electron chi connectivity index (χ3n) is 7.83. The molecule has 6 rings (SSSR count). The van der Waals surface area contributed by atoms with E-state index in [1.165, 1.54) is 23.9 Å². The van der Waals surface area contributed by atoms with Gasteiger partial charge in [0.2, 0.25) is 0 Å². The molecule has 1 fully saturated rings. The molecule has 0 bridgehead atoms. The monoisotopic (exact) mass is 802 g/mol. The molecular formula is C38H30N2O10S4. The van der Waals surface area contributed by atoms with Gasteiger partial charge in [-0.2, -0.15) is 0 Å². The second-order valence-electron chi connectivity index (χ2n) is 11.7. The molecule has 0 N–H and O–H groups in total. The summed E-state index contributed by atoms with van der Waals surface area (Å²) >= 11 is 3.77. The smallest absolute Gasteiger partial charge is 0.347 e. The second kappa shape index (κ2) is 16.1. The maximum atomic E-state index is 14.3. The number of carbonyl (C=O) groups is 6. The number of thioether (sulfide) groups is 4. The van der Waals surface area contributed by atoms with Crippen molar-refractivity contribution in [2.45, 2.75) is 46.5 Å². The van der Waals surface area contributed by atoms with Gasteiger partial charge in [-0.05, 0) is 25.0 Å². The molecule has 0 spiro atoms. The van der Waals surface area contributed by atoms with E-state index in [2.05, 4.69) is 13.2 Å². The normalized spacial score (nSPS) is 14.5. The molecular weight excluding hydrogens is 773 g/mol. The topological polar surface area (TPSA) is 146 Å². The van der Waals surface area contributed by atoms with Crippen LogP contribution in [0.1, 0.15) is 25.0 Å². The molecule has 3 heterocycles. The van der Waals surface area contributed by atoms with Crippen LogP contribution in [0, 0.1) is 0 Å². The van der Waals surface area contributed by atoms with Crippen molar-refractivity contribution in [3.05, 3.63) is 116 Å². The van der Waals surface area contributed by atoms with E-state index in [4.69, 9.17) is 18.9 Å². The number of methoxy groups -OCH3 is 2. The fourth-order valence-corrected chi connectivity index (χ4v) is 10.7. The Morgan fingerprint density at radius 2 is 0.963 bits per heavy atom. The lowest BCUT2D eigenvalue weighted by molar-refractivity contribution is -0.149. The molecule has 0 atom stereocenters. The number of rotatable bonds is 10. The van der Waals surface area contributed by atoms with Gasteiger partial charge in [0.25, 0.3) is 11.8 Å². The number of esters is 4. The minimum Gasteiger partial charge on any atom is -0.465 e. The van der Waals surface area contributed by atoms with Crippen LogP contribution in [0.3, 0.4) is 0 Å². The van der Waals surface area contributed by atoms with Crippen molar-refractivity contribution in [3.63, 3.8) is 0 Å². The van der Waals surface area contributed by atoms with E-state index in [-0.39, 0.29) is 69.4 Å². The van der Waals surface area contributed by atoms with Gasteiger partial charge < -0.3 is 18.9 Å². The predicted molar refractivity (Wildman–Crippen MR) is 203 cm³/mol. The Balaban J connectivity index is 1.53. The number of benzene rings is 3. The quantitative estimate of drug-likeness (QED) is 0.0696. The van der Waals surface area contributed by atoms with Crippen LogP contribution >= 0.6 is 47.0 Å². The van der Waals surface area contributed by atoms with Crippen LogP contribution in [0.15, 0.2) is 124 Å². The van der Waals surface area contributed by atoms with E-state index >= 15 is 0 Å². The largest absolute Gasteiger partial charge is 0.465 e. The summed E-state index contributed by atoms with van der Waals surface area (Å²) in [6, 6.07) is 18.5. The number of hydrogen-bond donors (Lipinski definition) is 0. The van der Waals surface area contributed by atoms with Crippen LogP contribution in [-0.2, 0) is 51.3 Å². The fraction of sp³-hybridized carbons (Fsp3) is 0.158. The molecule has 3 aromatic carbocycles. The van der Waals surface area contributed by atoms with Gasteiger partial charge in [0.15, 0.2) is 17.1 Å². The van der Waals surface area contributed by atoms with Crippen molar-refractivity contribution in [2.75, 3.05) is 14.2 Å². The lowest BCUT2D eigenvalue weighted by Crippen LogP contribution is -2.39. The molecule has 0 radical (unpaired) electrons. The van der Waals surface area contributed by atoms with Crippen LogP contribution in [0.25, 0.3) is 0 Å². The van der Waals surface area contributed by atoms with Crippen LogP contribution in [0.4, 0.5) is 0 Å². The molecule has 54 heavy (non-hydrogen) atoms. The number of nitrogens with zero attached hydrogens (tertiary/aromatic N) is 2. The van der Waals surface area contributed by atoms with Gasteiger partial charge in [-0.15, -0.1) is 0 Å². The molecule has 276 valence electrons. The lowest BCUT2D eigenvalue weighted by Gasteiger charge is -2.27. The summed E-state index contributed by atoms with van der Waals surface area (Å²) < 4.78 is 21.9. The molecule has 0 unspecified atom stereocenters. The Morgan fingerprint density at radius 1 is 0.593 bits per heavy atom. The number of fused-ring (bicyclic) bond motifs is 2. The Hall–Kier alpha value is -5.16. The zero-order valence-corrected chi connectivity index (χ0v) is 32.5. The lowest BCUT2D eigenvalue weighted by atomic mass is 10.2. The minimum atomic E-state index is -0.979. The summed E-state index contributed by atoms with van der Waals surface area (Å²) in [7, 11) is 2.21. The highest BCUT2D eigenvalue weighted by molar-refractivity contribution is 8.26. The van der Waals surface area contributed by atoms with Crippen LogP contribution in [0.2, 0.25) is 0 Å². The first-order valence-corrected chi connectivity index (χ1v) is 19.2. The SMILES string of the molecule is C=C(C)C(=O)Oc1c2c(c(OC(=O)C(=C)C)c3c1SC(=C1C(=O)N(Cc4ccccc4)N(Cc4ccccc4)C1=O)S3)SC(=C(C(=O)OC)C(=O)OC)S2. The minimum absolute atomic E-state index is 0.0158. The van der Waals surface area contributed by atoms with Gasteiger partial charge in [-0.1, -0.05) is 121 Å². The summed E-state index contributed by atoms with van der Waals surface area (Å²) in [5.74, 6) is -4.68. The number of carbonyl (C=O) groups excluding carboxylic acids is 6. The van der Waals surface area contributed by atoms with Crippen LogP contribution in [0.5, 0.6) is 11.5 Å². The number of ether oxygens (including phenoxy) is 4. The molecule has 3 aliphatic heterocycles. The number of amides is 2. The van der Waals surface area contributed by atoms with Crippen molar-refractivity contribution >= 4 is 82.7 Å². The van der Waals surface area contributed by atoms with E-state index in [9.17, 15) is 28.8 Å². The predicted octanol–water partition coefficient (Wildman–Crippen LogP) is 6.80. The highest BCUT2D eigenvalue weighted by Gasteiger charge is 2.47. The molecule has 12 nitrogen and oxygen atoms in total. The third kappa shape index (κ3) is 7.46. The average molecular weight is 803 g/mol. The van der Waals surface area contributed by atoms with Crippen molar-refractivity contribution in [2.24, 2.45) is 0 Å². The molecule has 16 heteroatoms.